The average Bonchev–Trinajstić information content (AvgIpc) is 3.87. The molecule has 69 heavy (non-hydrogen) atoms. The molecule has 0 saturated heterocycles. The molecule has 0 bridgehead atoms. The van der Waals surface area contributed by atoms with Gasteiger partial charge in [-0.25, -0.2) is 4.98 Å². The van der Waals surface area contributed by atoms with Crippen molar-refractivity contribution in [3.63, 3.8) is 0 Å². The van der Waals surface area contributed by atoms with Crippen LogP contribution in [0.2, 0.25) is 0 Å². The number of hydrogen-bond acceptors (Lipinski definition) is 3. The number of anilines is 2. The third-order valence-corrected chi connectivity index (χ3v) is 13.4. The molecule has 6 heteroatoms. The number of para-hydroxylation sites is 2. The van der Waals surface area contributed by atoms with E-state index in [-0.39, 0.29) is 31.9 Å². The van der Waals surface area contributed by atoms with E-state index in [1.54, 1.807) is 12.3 Å². The maximum atomic E-state index is 9.17. The van der Waals surface area contributed by atoms with Gasteiger partial charge < -0.3 is 18.8 Å². The van der Waals surface area contributed by atoms with Crippen molar-refractivity contribution >= 4 is 76.5 Å². The number of aromatic nitrogens is 3. The largest absolute Gasteiger partial charge is 0.509 e. The van der Waals surface area contributed by atoms with Crippen molar-refractivity contribution in [3.05, 3.63) is 186 Å². The van der Waals surface area contributed by atoms with Gasteiger partial charge in [-0.05, 0) is 116 Å². The second-order valence-electron chi connectivity index (χ2n) is 21.7. The van der Waals surface area contributed by atoms with Gasteiger partial charge >= 0.3 is 0 Å². The number of pyridine rings is 1. The fourth-order valence-corrected chi connectivity index (χ4v) is 10.2. The van der Waals surface area contributed by atoms with Crippen molar-refractivity contribution in [3.8, 4) is 17.3 Å². The number of fused-ring (bicyclic) bond motifs is 10. The Labute approximate surface area is 424 Å². The molecule has 11 rings (SSSR count). The minimum Gasteiger partial charge on any atom is -0.509 e. The molecule has 0 spiro atoms. The molecule has 7 aromatic carbocycles. The van der Waals surface area contributed by atoms with Gasteiger partial charge in [-0.1, -0.05) is 181 Å². The summed E-state index contributed by atoms with van der Waals surface area (Å²) < 4.78 is 29.9. The van der Waals surface area contributed by atoms with Crippen molar-refractivity contribution < 1.29 is 28.5 Å². The Kier molecular flexibility index (Phi) is 10.7. The van der Waals surface area contributed by atoms with E-state index in [0.717, 1.165) is 55.2 Å². The number of nitrogens with zero attached hydrogens (tertiary/aromatic N) is 4. The minimum atomic E-state index is -1.61. The Balaban J connectivity index is 0.00000582. The van der Waals surface area contributed by atoms with Gasteiger partial charge in [0.25, 0.3) is 0 Å². The summed E-state index contributed by atoms with van der Waals surface area (Å²) in [5.74, 6) is 1.78. The monoisotopic (exact) mass is 1080 g/mol. The number of benzene rings is 7. The first-order valence-electron chi connectivity index (χ1n) is 24.8. The Morgan fingerprint density at radius 3 is 2.06 bits per heavy atom. The Morgan fingerprint density at radius 1 is 0.623 bits per heavy atom. The van der Waals surface area contributed by atoms with E-state index >= 15 is 0 Å². The quantitative estimate of drug-likeness (QED) is 0.161. The van der Waals surface area contributed by atoms with Crippen LogP contribution in [0.4, 0.5) is 11.4 Å². The molecular formula is C63H59N4OPt-3. The van der Waals surface area contributed by atoms with Gasteiger partial charge in [-0.2, -0.15) is 12.1 Å². The fraction of sp³-hybridized carbons (Fsp3) is 0.238. The molecular weight excluding hydrogens is 1020 g/mol. The predicted molar refractivity (Wildman–Crippen MR) is 287 cm³/mol. The van der Waals surface area contributed by atoms with Crippen LogP contribution in [0.15, 0.2) is 140 Å². The van der Waals surface area contributed by atoms with Crippen LogP contribution in [0, 0.1) is 38.1 Å². The molecule has 4 heterocycles. The predicted octanol–water partition coefficient (Wildman–Crippen LogP) is 17.0. The van der Waals surface area contributed by atoms with E-state index in [2.05, 4.69) is 203 Å². The molecule has 350 valence electrons. The third-order valence-electron chi connectivity index (χ3n) is 13.4. The average molecular weight is 1090 g/mol. The number of rotatable bonds is 5. The summed E-state index contributed by atoms with van der Waals surface area (Å²) in [4.78, 5) is 7.14. The van der Waals surface area contributed by atoms with Crippen molar-refractivity contribution in [2.75, 3.05) is 4.90 Å². The summed E-state index contributed by atoms with van der Waals surface area (Å²) in [6.45, 7) is 25.7. The second kappa shape index (κ2) is 16.8. The van der Waals surface area contributed by atoms with Crippen LogP contribution in [0.3, 0.4) is 0 Å². The van der Waals surface area contributed by atoms with Gasteiger partial charge in [0.2, 0.25) is 0 Å². The van der Waals surface area contributed by atoms with Crippen LogP contribution in [0.1, 0.15) is 92.9 Å². The zero-order valence-electron chi connectivity index (χ0n) is 43.4. The molecule has 0 unspecified atom stereocenters. The molecule has 0 atom stereocenters. The molecule has 0 fully saturated rings. The van der Waals surface area contributed by atoms with Crippen LogP contribution >= 0.6 is 0 Å². The third kappa shape index (κ3) is 8.13. The van der Waals surface area contributed by atoms with E-state index in [1.807, 2.05) is 32.9 Å². The van der Waals surface area contributed by atoms with Gasteiger partial charge in [0.15, 0.2) is 0 Å². The van der Waals surface area contributed by atoms with Gasteiger partial charge in [-0.3, -0.25) is 0 Å². The first kappa shape index (κ1) is 43.7. The van der Waals surface area contributed by atoms with E-state index in [9.17, 15) is 2.74 Å². The van der Waals surface area contributed by atoms with Crippen LogP contribution < -0.4 is 9.64 Å². The zero-order chi connectivity index (χ0) is 49.2. The molecule has 0 amide bonds. The van der Waals surface area contributed by atoms with Crippen LogP contribution in [-0.4, -0.2) is 14.1 Å². The van der Waals surface area contributed by atoms with Crippen molar-refractivity contribution in [1.29, 1.82) is 0 Å². The van der Waals surface area contributed by atoms with Crippen molar-refractivity contribution in [2.24, 2.45) is 5.41 Å². The second-order valence-corrected chi connectivity index (χ2v) is 21.7. The molecule has 1 aliphatic heterocycles. The first-order chi connectivity index (χ1) is 33.2. The normalized spacial score (nSPS) is 13.5. The number of aryl methyl sites for hydroxylation is 2. The number of hydrogen-bond donors (Lipinski definition) is 0. The van der Waals surface area contributed by atoms with Crippen LogP contribution in [-0.2, 0) is 38.3 Å². The molecule has 1 aliphatic rings. The van der Waals surface area contributed by atoms with Gasteiger partial charge in [-0.15, -0.1) is 35.2 Å². The molecule has 0 radical (unpaired) electrons. The van der Waals surface area contributed by atoms with E-state index in [4.69, 9.17) is 9.72 Å². The molecule has 0 N–H and O–H groups in total. The summed E-state index contributed by atoms with van der Waals surface area (Å²) >= 11 is 0. The molecule has 3 aromatic heterocycles. The van der Waals surface area contributed by atoms with E-state index < -0.39 is 11.8 Å². The fourth-order valence-electron chi connectivity index (χ4n) is 10.2. The maximum absolute atomic E-state index is 9.17. The Morgan fingerprint density at radius 2 is 1.32 bits per heavy atom. The molecule has 5 nitrogen and oxygen atoms in total. The van der Waals surface area contributed by atoms with Crippen molar-refractivity contribution in [2.45, 2.75) is 93.4 Å². The van der Waals surface area contributed by atoms with Crippen LogP contribution in [0.5, 0.6) is 11.5 Å². The smallest absolute Gasteiger partial charge is 0.135 e. The summed E-state index contributed by atoms with van der Waals surface area (Å²) in [7, 11) is 0. The number of ether oxygens (including phenoxy) is 1. The van der Waals surface area contributed by atoms with E-state index in [0.29, 0.717) is 22.9 Å². The standard InChI is InChI=1S/C63H59N4O.Pt/c1-39-22-26-47-45-17-12-13-18-46(45)49-20-15-21-55-60(49)66(59-40(2)16-14-19-50(59)51(47)32-39)38-65(55)43-24-28-53(63(9,10)11)57(35-43)68-44-25-27-48-52-34-42(62(6,7)8)23-29-54(52)67(56(48)36-44)58-33-41(30-31-64-58)37-61(3,4)5;/h12-34,38H,37H2,1-11H3;/q-3;/i37D2;. The van der Waals surface area contributed by atoms with Crippen molar-refractivity contribution in [1.82, 2.24) is 14.1 Å². The molecule has 0 saturated carbocycles. The van der Waals surface area contributed by atoms with Gasteiger partial charge in [0.05, 0.1) is 0 Å². The van der Waals surface area contributed by atoms with Gasteiger partial charge in [0, 0.05) is 52.7 Å². The molecule has 10 aromatic rings. The van der Waals surface area contributed by atoms with Crippen LogP contribution in [0.25, 0.3) is 71.0 Å². The summed E-state index contributed by atoms with van der Waals surface area (Å²) in [6.07, 6.45) is 0.109. The maximum Gasteiger partial charge on any atom is 0.135 e. The Hall–Kier alpha value is -6.55. The minimum absolute atomic E-state index is 0. The Bertz CT molecular complexity index is 3860. The summed E-state index contributed by atoms with van der Waals surface area (Å²) in [5.41, 5.74) is 10.1. The first-order valence-corrected chi connectivity index (χ1v) is 23.8. The van der Waals surface area contributed by atoms with Gasteiger partial charge in [0.1, 0.15) is 5.82 Å². The summed E-state index contributed by atoms with van der Waals surface area (Å²) in [5, 5.41) is 9.22. The SMILES string of the molecule is [2H]C([2H])(c1ccnc(-n2c3[c-]c(Oc4[c-]c(N5[CH-]n6c7c(C)cccc7c7cc(C)ccc7c7ccccc7c7cccc5c76)ccc4C(C)(C)C)ccc3c3cc(C(C)(C)C)ccc32)c1)C(C)(C)C.[Pt]. The topological polar surface area (TPSA) is 35.2 Å². The summed E-state index contributed by atoms with van der Waals surface area (Å²) in [6, 6.07) is 55.2. The zero-order valence-corrected chi connectivity index (χ0v) is 43.6. The molecule has 0 aliphatic carbocycles. The van der Waals surface area contributed by atoms with E-state index in [1.165, 1.54) is 43.6 Å².